The maximum Gasteiger partial charge on any atom is 0.410 e. The van der Waals surface area contributed by atoms with Gasteiger partial charge in [-0.3, -0.25) is 28.9 Å². The average molecular weight is 1010 g/mol. The average Bonchev–Trinajstić information content (AvgIpc) is 3.64. The van der Waals surface area contributed by atoms with E-state index < -0.39 is 92.0 Å². The Bertz CT molecular complexity index is 2470. The lowest BCUT2D eigenvalue weighted by Gasteiger charge is -2.35. The number of hydrogen-bond acceptors (Lipinski definition) is 11. The van der Waals surface area contributed by atoms with E-state index in [4.69, 9.17) is 4.74 Å². The number of nitrogens with zero attached hydrogens (tertiary/aromatic N) is 3. The predicted molar refractivity (Wildman–Crippen MR) is 258 cm³/mol. The molecule has 2 aromatic rings. The van der Waals surface area contributed by atoms with Crippen molar-refractivity contribution in [3.63, 3.8) is 0 Å². The molecule has 4 aliphatic heterocycles. The smallest absolute Gasteiger partial charge is 0.410 e. The Morgan fingerprint density at radius 2 is 1.69 bits per heavy atom. The molecule has 7 atom stereocenters. The normalized spacial score (nSPS) is 28.2. The van der Waals surface area contributed by atoms with Gasteiger partial charge in [0.1, 0.15) is 46.3 Å². The summed E-state index contributed by atoms with van der Waals surface area (Å²) in [6.07, 6.45) is 8.37. The number of ether oxygens (including phenoxy) is 1. The number of hydrogen-bond donors (Lipinski definition) is 5. The molecule has 4 fully saturated rings. The highest BCUT2D eigenvalue weighted by atomic mass is 32.2. The molecule has 0 aromatic heterocycles. The second-order valence-corrected chi connectivity index (χ2v) is 21.9. The SMILES string of the molecule is C=C[C@@H]1C[C@@]12NC(=O)[C@@H]1C[C@@H](OC(=O)N3Cc4cccc(F)c4C3)CN1C(=O)[C@@H](NC(=O)[C@@H](NC(=O)C1CCCN(CC)C1)C1CCCCC1)CCCCCCCNc1ccc(F)cc1S(=O)(=O)NC2=O. The van der Waals surface area contributed by atoms with Gasteiger partial charge in [-0.25, -0.2) is 26.7 Å². The van der Waals surface area contributed by atoms with Crippen molar-refractivity contribution in [3.8, 4) is 0 Å². The number of rotatable bonds is 8. The van der Waals surface area contributed by atoms with Crippen LogP contribution in [0.5, 0.6) is 0 Å². The molecule has 2 saturated heterocycles. The van der Waals surface area contributed by atoms with Crippen molar-refractivity contribution in [2.24, 2.45) is 17.8 Å². The highest BCUT2D eigenvalue weighted by Crippen LogP contribution is 2.45. The van der Waals surface area contributed by atoms with E-state index in [0.717, 1.165) is 63.7 Å². The third-order valence-corrected chi connectivity index (χ3v) is 16.8. The summed E-state index contributed by atoms with van der Waals surface area (Å²) in [5, 5.41) is 11.9. The van der Waals surface area contributed by atoms with Crippen LogP contribution < -0.4 is 26.0 Å². The highest BCUT2D eigenvalue weighted by Gasteiger charge is 2.61. The molecule has 386 valence electrons. The van der Waals surface area contributed by atoms with E-state index in [1.54, 1.807) is 12.1 Å². The van der Waals surface area contributed by atoms with Crippen LogP contribution >= 0.6 is 0 Å². The molecule has 6 amide bonds. The zero-order valence-corrected chi connectivity index (χ0v) is 41.3. The Kier molecular flexibility index (Phi) is 16.3. The molecular weight excluding hydrogens is 939 g/mol. The predicted octanol–water partition coefficient (Wildman–Crippen LogP) is 5.00. The van der Waals surface area contributed by atoms with Crippen LogP contribution in [-0.4, -0.2) is 121 Å². The lowest BCUT2D eigenvalue weighted by Crippen LogP contribution is -2.60. The molecule has 0 bridgehead atoms. The van der Waals surface area contributed by atoms with Crippen LogP contribution in [0.3, 0.4) is 0 Å². The fraction of sp³-hybridized carbons (Fsp3) is 0.608. The van der Waals surface area contributed by atoms with Gasteiger partial charge in [0.15, 0.2) is 0 Å². The number of halogens is 2. The summed E-state index contributed by atoms with van der Waals surface area (Å²) in [5.74, 6) is -5.79. The number of nitrogens with one attached hydrogen (secondary N) is 5. The maximum absolute atomic E-state index is 15.2. The lowest BCUT2D eigenvalue weighted by atomic mass is 9.83. The van der Waals surface area contributed by atoms with Crippen LogP contribution in [0, 0.1) is 29.4 Å². The zero-order chi connectivity index (χ0) is 50.5. The maximum atomic E-state index is 15.2. The van der Waals surface area contributed by atoms with Crippen LogP contribution in [0.2, 0.25) is 0 Å². The van der Waals surface area contributed by atoms with Crippen molar-refractivity contribution in [2.45, 2.75) is 151 Å². The summed E-state index contributed by atoms with van der Waals surface area (Å²) in [6, 6.07) is 4.30. The minimum atomic E-state index is -4.72. The van der Waals surface area contributed by atoms with Gasteiger partial charge in [-0.1, -0.05) is 70.1 Å². The molecule has 5 N–H and O–H groups in total. The number of carbonyl (C=O) groups is 6. The first kappa shape index (κ1) is 51.7. The van der Waals surface area contributed by atoms with Gasteiger partial charge in [-0.2, -0.15) is 0 Å². The molecule has 4 heterocycles. The number of piperidine rings is 1. The molecule has 17 nitrogen and oxygen atoms in total. The zero-order valence-electron chi connectivity index (χ0n) is 40.5. The van der Waals surface area contributed by atoms with Gasteiger partial charge in [0, 0.05) is 37.5 Å². The van der Waals surface area contributed by atoms with Gasteiger partial charge in [0.05, 0.1) is 24.7 Å². The standard InChI is InChI=1S/C51H68F2N8O9S/c1-3-35-27-51(35)49(66)58-71(68,69)43-25-36(52)21-22-40(43)54-23-12-7-5-6-11-20-41(55-47(64)44(32-15-9-8-10-16-32)56-45(62)34-18-14-24-59(4-2)28-34)48(65)61-30-37(26-42(61)46(63)57-51)70-50(67)60-29-33-17-13-19-39(53)38(33)31-60/h3,13,17,19,21-22,25,32,34-35,37,41-42,44,54H,1,4-12,14-16,18,20,23-24,26-31H2,2H3,(H,55,64)(H,56,62)(H,57,63)(H,58,66)/t34?,35-,37-,41+,42+,44+,51-/m1/s1. The Morgan fingerprint density at radius 1 is 0.944 bits per heavy atom. The van der Waals surface area contributed by atoms with Gasteiger partial charge in [-0.05, 0) is 93.8 Å². The van der Waals surface area contributed by atoms with E-state index in [-0.39, 0.29) is 62.3 Å². The fourth-order valence-electron chi connectivity index (χ4n) is 11.2. The first-order valence-corrected chi connectivity index (χ1v) is 27.0. The number of likely N-dealkylation sites (tertiary alicyclic amines) is 1. The third kappa shape index (κ3) is 11.8. The fourth-order valence-corrected chi connectivity index (χ4v) is 12.4. The molecular formula is C51H68F2N8O9S. The van der Waals surface area contributed by atoms with Crippen molar-refractivity contribution in [3.05, 3.63) is 71.8 Å². The minimum absolute atomic E-state index is 0.0483. The van der Waals surface area contributed by atoms with E-state index in [1.807, 2.05) is 0 Å². The van der Waals surface area contributed by atoms with Crippen LogP contribution in [0.1, 0.15) is 114 Å². The molecule has 0 radical (unpaired) electrons. The number of anilines is 1. The summed E-state index contributed by atoms with van der Waals surface area (Å²) in [7, 11) is -4.72. The lowest BCUT2D eigenvalue weighted by molar-refractivity contribution is -0.143. The molecule has 2 saturated carbocycles. The first-order valence-electron chi connectivity index (χ1n) is 25.5. The Balaban J connectivity index is 1.09. The second-order valence-electron chi connectivity index (χ2n) is 20.2. The van der Waals surface area contributed by atoms with Crippen molar-refractivity contribution < 1.29 is 50.7 Å². The summed E-state index contributed by atoms with van der Waals surface area (Å²) >= 11 is 0. The van der Waals surface area contributed by atoms with Crippen molar-refractivity contribution in [1.82, 2.24) is 35.4 Å². The summed E-state index contributed by atoms with van der Waals surface area (Å²) < 4.78 is 65.1. The van der Waals surface area contributed by atoms with E-state index >= 15 is 4.79 Å². The molecule has 2 aromatic carbocycles. The number of fused-ring (bicyclic) bond motifs is 3. The van der Waals surface area contributed by atoms with E-state index in [1.165, 1.54) is 28.0 Å². The Morgan fingerprint density at radius 3 is 2.44 bits per heavy atom. The van der Waals surface area contributed by atoms with Crippen molar-refractivity contribution >= 4 is 51.3 Å². The monoisotopic (exact) mass is 1010 g/mol. The number of benzene rings is 2. The largest absolute Gasteiger partial charge is 0.444 e. The van der Waals surface area contributed by atoms with E-state index in [0.29, 0.717) is 62.7 Å². The molecule has 1 spiro atoms. The van der Waals surface area contributed by atoms with Gasteiger partial charge >= 0.3 is 6.09 Å². The van der Waals surface area contributed by atoms with Crippen LogP contribution in [0.15, 0.2) is 53.9 Å². The third-order valence-electron chi connectivity index (χ3n) is 15.4. The topological polar surface area (TPSA) is 216 Å². The minimum Gasteiger partial charge on any atom is -0.444 e. The Hall–Kier alpha value is -5.63. The van der Waals surface area contributed by atoms with Gasteiger partial charge < -0.3 is 35.8 Å². The summed E-state index contributed by atoms with van der Waals surface area (Å²) in [4.78, 5) is 90.9. The van der Waals surface area contributed by atoms with Crippen molar-refractivity contribution in [1.29, 1.82) is 0 Å². The van der Waals surface area contributed by atoms with E-state index in [2.05, 4.69) is 44.4 Å². The molecule has 71 heavy (non-hydrogen) atoms. The summed E-state index contributed by atoms with van der Waals surface area (Å²) in [6.45, 7) is 8.20. The molecule has 6 aliphatic rings. The van der Waals surface area contributed by atoms with Gasteiger partial charge in [-0.15, -0.1) is 6.58 Å². The highest BCUT2D eigenvalue weighted by molar-refractivity contribution is 7.90. The van der Waals surface area contributed by atoms with E-state index in [9.17, 15) is 41.2 Å². The first-order chi connectivity index (χ1) is 34.1. The molecule has 1 unspecified atom stereocenters. The van der Waals surface area contributed by atoms with Crippen LogP contribution in [0.4, 0.5) is 19.3 Å². The number of amides is 6. The number of carbonyl (C=O) groups excluding carboxylic acids is 6. The van der Waals surface area contributed by atoms with Crippen LogP contribution in [0.25, 0.3) is 0 Å². The number of sulfonamides is 1. The summed E-state index contributed by atoms with van der Waals surface area (Å²) in [5.41, 5.74) is -0.787. The molecule has 20 heteroatoms. The van der Waals surface area contributed by atoms with Crippen molar-refractivity contribution in [2.75, 3.05) is 38.0 Å². The van der Waals surface area contributed by atoms with Gasteiger partial charge in [0.25, 0.3) is 15.9 Å². The van der Waals surface area contributed by atoms with Gasteiger partial charge in [0.2, 0.25) is 23.6 Å². The molecule has 8 rings (SSSR count). The van der Waals surface area contributed by atoms with Crippen LogP contribution in [-0.2, 0) is 51.8 Å². The quantitative estimate of drug-likeness (QED) is 0.222. The molecule has 2 aliphatic carbocycles. The second kappa shape index (κ2) is 22.4. The Labute approximate surface area is 414 Å².